The highest BCUT2D eigenvalue weighted by Crippen LogP contribution is 2.21. The molecule has 0 unspecified atom stereocenters. The van der Waals surface area contributed by atoms with Crippen molar-refractivity contribution >= 4 is 27.7 Å². The monoisotopic (exact) mass is 396 g/mol. The van der Waals surface area contributed by atoms with Gasteiger partial charge in [0.05, 0.1) is 18.4 Å². The molecular weight excluding hydrogens is 380 g/mol. The Morgan fingerprint density at radius 1 is 0.960 bits per heavy atom. The van der Waals surface area contributed by atoms with Gasteiger partial charge in [-0.2, -0.15) is 0 Å². The van der Waals surface area contributed by atoms with Gasteiger partial charge in [0.2, 0.25) is 0 Å². The summed E-state index contributed by atoms with van der Waals surface area (Å²) in [6, 6.07) is 21.3. The zero-order valence-corrected chi connectivity index (χ0v) is 15.1. The molecule has 1 heterocycles. The highest BCUT2D eigenvalue weighted by Gasteiger charge is 2.18. The summed E-state index contributed by atoms with van der Waals surface area (Å²) in [6.07, 6.45) is 2.92. The Morgan fingerprint density at radius 3 is 2.24 bits per heavy atom. The summed E-state index contributed by atoms with van der Waals surface area (Å²) in [4.78, 5) is 18.4. The number of aromatic nitrogens is 1. The molecule has 5 heteroatoms. The molecule has 0 atom stereocenters. The molecule has 0 aliphatic heterocycles. The van der Waals surface area contributed by atoms with Crippen LogP contribution in [-0.2, 0) is 17.9 Å². The van der Waals surface area contributed by atoms with E-state index in [4.69, 9.17) is 4.74 Å². The average Bonchev–Trinajstić information content (AvgIpc) is 2.66. The molecule has 0 radical (unpaired) electrons. The lowest BCUT2D eigenvalue weighted by Gasteiger charge is -2.22. The van der Waals surface area contributed by atoms with Gasteiger partial charge in [-0.25, -0.2) is 4.79 Å². The van der Waals surface area contributed by atoms with Crippen molar-refractivity contribution in [3.05, 3.63) is 94.7 Å². The van der Waals surface area contributed by atoms with Crippen LogP contribution in [0.15, 0.2) is 83.6 Å². The first-order chi connectivity index (χ1) is 12.2. The van der Waals surface area contributed by atoms with Gasteiger partial charge < -0.3 is 4.74 Å². The van der Waals surface area contributed by atoms with Crippen molar-refractivity contribution in [2.24, 2.45) is 0 Å². The van der Waals surface area contributed by atoms with E-state index in [-0.39, 0.29) is 6.61 Å². The lowest BCUT2D eigenvalue weighted by molar-refractivity contribution is 0.146. The normalized spacial score (nSPS) is 10.3. The van der Waals surface area contributed by atoms with E-state index in [9.17, 15) is 4.79 Å². The van der Waals surface area contributed by atoms with Gasteiger partial charge in [-0.05, 0) is 33.1 Å². The summed E-state index contributed by atoms with van der Waals surface area (Å²) in [5, 5.41) is 0. The van der Waals surface area contributed by atoms with Gasteiger partial charge in [0.15, 0.2) is 0 Å². The smallest absolute Gasteiger partial charge is 0.414 e. The van der Waals surface area contributed by atoms with Crippen LogP contribution >= 0.6 is 15.9 Å². The predicted octanol–water partition coefficient (Wildman–Crippen LogP) is 5.19. The van der Waals surface area contributed by atoms with Crippen molar-refractivity contribution < 1.29 is 9.53 Å². The molecule has 1 amide bonds. The Bertz CT molecular complexity index is 825. The Labute approximate surface area is 155 Å². The molecule has 0 fully saturated rings. The standard InChI is InChI=1S/C20H17BrN2O2/c21-18-11-19(13-22-12-18)23(14-16-7-3-1-4-8-16)20(24)25-15-17-9-5-2-6-10-17/h1-13H,14-15H2. The molecule has 126 valence electrons. The lowest BCUT2D eigenvalue weighted by Crippen LogP contribution is -2.31. The van der Waals surface area contributed by atoms with Crippen molar-refractivity contribution in [3.63, 3.8) is 0 Å². The molecule has 25 heavy (non-hydrogen) atoms. The highest BCUT2D eigenvalue weighted by atomic mass is 79.9. The lowest BCUT2D eigenvalue weighted by atomic mass is 10.2. The SMILES string of the molecule is O=C(OCc1ccccc1)N(Cc1ccccc1)c1cncc(Br)c1. The van der Waals surface area contributed by atoms with Crippen LogP contribution in [0.5, 0.6) is 0 Å². The van der Waals surface area contributed by atoms with E-state index in [1.54, 1.807) is 17.3 Å². The number of anilines is 1. The molecule has 3 rings (SSSR count). The van der Waals surface area contributed by atoms with Crippen LogP contribution in [-0.4, -0.2) is 11.1 Å². The van der Waals surface area contributed by atoms with Gasteiger partial charge in [-0.3, -0.25) is 9.88 Å². The Morgan fingerprint density at radius 2 is 1.60 bits per heavy atom. The van der Waals surface area contributed by atoms with Crippen LogP contribution in [0, 0.1) is 0 Å². The van der Waals surface area contributed by atoms with Gasteiger partial charge in [0.25, 0.3) is 0 Å². The first-order valence-electron chi connectivity index (χ1n) is 7.85. The Hall–Kier alpha value is -2.66. The minimum Gasteiger partial charge on any atom is -0.444 e. The first kappa shape index (κ1) is 17.2. The van der Waals surface area contributed by atoms with Crippen LogP contribution in [0.25, 0.3) is 0 Å². The fraction of sp³-hybridized carbons (Fsp3) is 0.100. The number of hydrogen-bond acceptors (Lipinski definition) is 3. The van der Waals surface area contributed by atoms with Crippen LogP contribution in [0.4, 0.5) is 10.5 Å². The maximum absolute atomic E-state index is 12.7. The molecule has 0 aliphatic rings. The van der Waals surface area contributed by atoms with Gasteiger partial charge in [-0.1, -0.05) is 60.7 Å². The summed E-state index contributed by atoms with van der Waals surface area (Å²) in [6.45, 7) is 0.638. The molecule has 2 aromatic carbocycles. The van der Waals surface area contributed by atoms with E-state index < -0.39 is 6.09 Å². The van der Waals surface area contributed by atoms with Crippen molar-refractivity contribution in [3.8, 4) is 0 Å². The second kappa shape index (κ2) is 8.44. The van der Waals surface area contributed by atoms with Crippen molar-refractivity contribution in [1.29, 1.82) is 0 Å². The number of pyridine rings is 1. The third kappa shape index (κ3) is 4.90. The van der Waals surface area contributed by atoms with E-state index in [1.165, 1.54) is 0 Å². The number of rotatable bonds is 5. The summed E-state index contributed by atoms with van der Waals surface area (Å²) in [5.41, 5.74) is 2.64. The number of ether oxygens (including phenoxy) is 1. The summed E-state index contributed by atoms with van der Waals surface area (Å²) < 4.78 is 6.31. The molecule has 0 saturated carbocycles. The van der Waals surface area contributed by atoms with E-state index in [0.29, 0.717) is 12.2 Å². The minimum absolute atomic E-state index is 0.229. The van der Waals surface area contributed by atoms with Gasteiger partial charge >= 0.3 is 6.09 Å². The fourth-order valence-corrected chi connectivity index (χ4v) is 2.73. The number of halogens is 1. The summed E-state index contributed by atoms with van der Waals surface area (Å²) in [7, 11) is 0. The number of nitrogens with zero attached hydrogens (tertiary/aromatic N) is 2. The van der Waals surface area contributed by atoms with Gasteiger partial charge in [-0.15, -0.1) is 0 Å². The second-order valence-corrected chi connectivity index (χ2v) is 6.39. The number of amides is 1. The molecular formula is C20H17BrN2O2. The van der Waals surface area contributed by atoms with Crippen molar-refractivity contribution in [1.82, 2.24) is 4.98 Å². The van der Waals surface area contributed by atoms with E-state index in [2.05, 4.69) is 20.9 Å². The van der Waals surface area contributed by atoms with Crippen LogP contribution in [0.2, 0.25) is 0 Å². The third-order valence-corrected chi connectivity index (χ3v) is 4.04. The molecule has 3 aromatic rings. The maximum atomic E-state index is 12.7. The molecule has 0 spiro atoms. The molecule has 0 aliphatic carbocycles. The predicted molar refractivity (Wildman–Crippen MR) is 101 cm³/mol. The van der Waals surface area contributed by atoms with Gasteiger partial charge in [0.1, 0.15) is 6.61 Å². The number of carbonyl (C=O) groups excluding carboxylic acids is 1. The first-order valence-corrected chi connectivity index (χ1v) is 8.64. The zero-order valence-electron chi connectivity index (χ0n) is 13.5. The Balaban J connectivity index is 1.78. The molecule has 1 aromatic heterocycles. The quantitative estimate of drug-likeness (QED) is 0.595. The number of carbonyl (C=O) groups is 1. The molecule has 0 N–H and O–H groups in total. The van der Waals surface area contributed by atoms with Gasteiger partial charge in [0, 0.05) is 10.7 Å². The maximum Gasteiger partial charge on any atom is 0.414 e. The van der Waals surface area contributed by atoms with Crippen LogP contribution < -0.4 is 4.90 Å². The highest BCUT2D eigenvalue weighted by molar-refractivity contribution is 9.10. The third-order valence-electron chi connectivity index (χ3n) is 3.61. The Kier molecular flexibility index (Phi) is 5.80. The zero-order chi connectivity index (χ0) is 17.5. The summed E-state index contributed by atoms with van der Waals surface area (Å²) >= 11 is 3.40. The topological polar surface area (TPSA) is 42.4 Å². The minimum atomic E-state index is -0.410. The molecule has 4 nitrogen and oxygen atoms in total. The van der Waals surface area contributed by atoms with Crippen LogP contribution in [0.3, 0.4) is 0 Å². The van der Waals surface area contributed by atoms with Crippen molar-refractivity contribution in [2.45, 2.75) is 13.2 Å². The van der Waals surface area contributed by atoms with Crippen LogP contribution in [0.1, 0.15) is 11.1 Å². The van der Waals surface area contributed by atoms with Crippen molar-refractivity contribution in [2.75, 3.05) is 4.90 Å². The van der Waals surface area contributed by atoms with E-state index in [0.717, 1.165) is 15.6 Å². The number of hydrogen-bond donors (Lipinski definition) is 0. The van der Waals surface area contributed by atoms with E-state index in [1.807, 2.05) is 66.7 Å². The molecule has 0 bridgehead atoms. The largest absolute Gasteiger partial charge is 0.444 e. The summed E-state index contributed by atoms with van der Waals surface area (Å²) in [5.74, 6) is 0. The average molecular weight is 397 g/mol. The fourth-order valence-electron chi connectivity index (χ4n) is 2.37. The number of benzene rings is 2. The molecule has 0 saturated heterocycles. The van der Waals surface area contributed by atoms with E-state index >= 15 is 0 Å². The second-order valence-electron chi connectivity index (χ2n) is 5.47.